The molecule has 0 heterocycles. The average molecular weight is 404 g/mol. The molecule has 0 saturated heterocycles. The Morgan fingerprint density at radius 2 is 1.30 bits per heavy atom. The van der Waals surface area contributed by atoms with E-state index in [1.807, 2.05) is 54.6 Å². The molecule has 0 aliphatic carbocycles. The number of hydrogen-bond acceptors (Lipinski definition) is 5. The molecule has 30 heavy (non-hydrogen) atoms. The van der Waals surface area contributed by atoms with Gasteiger partial charge in [-0.2, -0.15) is 0 Å². The first kappa shape index (κ1) is 21.0. The van der Waals surface area contributed by atoms with Gasteiger partial charge in [0, 0.05) is 5.56 Å². The molecule has 0 spiro atoms. The standard InChI is InChI=1S/C25H24O5/c1-27-22-13-10-17(15-24(22)29-3)9-12-21(26)20-8-6-5-7-19(20)18-11-14-23(28-2)25(16-18)30-4/h5-16H,1-4H3/b12-9+. The summed E-state index contributed by atoms with van der Waals surface area (Å²) in [5, 5.41) is 0. The fraction of sp³-hybridized carbons (Fsp3) is 0.160. The van der Waals surface area contributed by atoms with E-state index in [0.717, 1.165) is 16.7 Å². The molecule has 3 aromatic carbocycles. The second-order valence-electron chi connectivity index (χ2n) is 6.43. The maximum Gasteiger partial charge on any atom is 0.186 e. The summed E-state index contributed by atoms with van der Waals surface area (Å²) in [5.74, 6) is 2.39. The molecule has 0 atom stereocenters. The molecule has 154 valence electrons. The molecule has 0 aromatic heterocycles. The normalized spacial score (nSPS) is 10.7. The number of ketones is 1. The Labute approximate surface area is 176 Å². The van der Waals surface area contributed by atoms with Gasteiger partial charge in [0.2, 0.25) is 0 Å². The second kappa shape index (κ2) is 9.65. The third-order valence-corrected chi connectivity index (χ3v) is 4.72. The van der Waals surface area contributed by atoms with E-state index in [2.05, 4.69) is 0 Å². The number of benzene rings is 3. The quantitative estimate of drug-likeness (QED) is 0.377. The fourth-order valence-corrected chi connectivity index (χ4v) is 3.17. The molecular formula is C25H24O5. The third kappa shape index (κ3) is 4.46. The zero-order chi connectivity index (χ0) is 21.5. The van der Waals surface area contributed by atoms with E-state index in [4.69, 9.17) is 18.9 Å². The van der Waals surface area contributed by atoms with Crippen molar-refractivity contribution < 1.29 is 23.7 Å². The smallest absolute Gasteiger partial charge is 0.186 e. The molecule has 0 aliphatic heterocycles. The zero-order valence-electron chi connectivity index (χ0n) is 17.5. The molecule has 0 amide bonds. The van der Waals surface area contributed by atoms with Gasteiger partial charge >= 0.3 is 0 Å². The predicted octanol–water partition coefficient (Wildman–Crippen LogP) is 5.28. The molecular weight excluding hydrogens is 380 g/mol. The number of ether oxygens (including phenoxy) is 4. The Balaban J connectivity index is 1.92. The minimum atomic E-state index is -0.102. The van der Waals surface area contributed by atoms with Crippen molar-refractivity contribution in [2.24, 2.45) is 0 Å². The number of allylic oxidation sites excluding steroid dienone is 1. The largest absolute Gasteiger partial charge is 0.493 e. The lowest BCUT2D eigenvalue weighted by molar-refractivity contribution is 0.104. The van der Waals surface area contributed by atoms with Gasteiger partial charge in [-0.3, -0.25) is 4.79 Å². The van der Waals surface area contributed by atoms with Gasteiger partial charge in [0.25, 0.3) is 0 Å². The van der Waals surface area contributed by atoms with E-state index < -0.39 is 0 Å². The molecule has 0 unspecified atom stereocenters. The Bertz CT molecular complexity index is 1070. The Kier molecular flexibility index (Phi) is 6.75. The highest BCUT2D eigenvalue weighted by molar-refractivity contribution is 6.11. The van der Waals surface area contributed by atoms with Crippen LogP contribution in [0.5, 0.6) is 23.0 Å². The third-order valence-electron chi connectivity index (χ3n) is 4.72. The highest BCUT2D eigenvalue weighted by Crippen LogP contribution is 2.34. The molecule has 0 saturated carbocycles. The van der Waals surface area contributed by atoms with Crippen molar-refractivity contribution in [3.05, 3.63) is 77.9 Å². The predicted molar refractivity (Wildman–Crippen MR) is 118 cm³/mol. The summed E-state index contributed by atoms with van der Waals surface area (Å²) < 4.78 is 21.3. The van der Waals surface area contributed by atoms with E-state index in [1.54, 1.807) is 46.7 Å². The van der Waals surface area contributed by atoms with E-state index >= 15 is 0 Å². The Hall–Kier alpha value is -3.73. The Morgan fingerprint density at radius 3 is 1.97 bits per heavy atom. The van der Waals surface area contributed by atoms with Crippen LogP contribution in [0.1, 0.15) is 15.9 Å². The highest BCUT2D eigenvalue weighted by atomic mass is 16.5. The molecule has 0 bridgehead atoms. The molecule has 0 aliphatic rings. The zero-order valence-corrected chi connectivity index (χ0v) is 17.5. The van der Waals surface area contributed by atoms with Crippen molar-refractivity contribution in [2.75, 3.05) is 28.4 Å². The van der Waals surface area contributed by atoms with Crippen molar-refractivity contribution >= 4 is 11.9 Å². The van der Waals surface area contributed by atoms with Crippen LogP contribution >= 0.6 is 0 Å². The van der Waals surface area contributed by atoms with Crippen LogP contribution in [0.25, 0.3) is 17.2 Å². The summed E-state index contributed by atoms with van der Waals surface area (Å²) in [6, 6.07) is 18.6. The van der Waals surface area contributed by atoms with Crippen molar-refractivity contribution in [1.29, 1.82) is 0 Å². The van der Waals surface area contributed by atoms with Crippen molar-refractivity contribution in [2.45, 2.75) is 0 Å². The van der Waals surface area contributed by atoms with Crippen molar-refractivity contribution in [3.63, 3.8) is 0 Å². The number of carbonyl (C=O) groups excluding carboxylic acids is 1. The van der Waals surface area contributed by atoms with Gasteiger partial charge in [-0.05, 0) is 47.0 Å². The lowest BCUT2D eigenvalue weighted by atomic mass is 9.96. The molecule has 3 rings (SSSR count). The topological polar surface area (TPSA) is 54.0 Å². The monoisotopic (exact) mass is 404 g/mol. The molecule has 0 radical (unpaired) electrons. The van der Waals surface area contributed by atoms with Gasteiger partial charge in [-0.25, -0.2) is 0 Å². The fourth-order valence-electron chi connectivity index (χ4n) is 3.17. The van der Waals surface area contributed by atoms with Crippen LogP contribution < -0.4 is 18.9 Å². The summed E-state index contributed by atoms with van der Waals surface area (Å²) >= 11 is 0. The molecule has 0 fully saturated rings. The number of methoxy groups -OCH3 is 4. The summed E-state index contributed by atoms with van der Waals surface area (Å²) in [5.41, 5.74) is 3.13. The van der Waals surface area contributed by atoms with Gasteiger partial charge in [-0.15, -0.1) is 0 Å². The number of hydrogen-bond donors (Lipinski definition) is 0. The van der Waals surface area contributed by atoms with Crippen LogP contribution in [0.2, 0.25) is 0 Å². The molecule has 0 N–H and O–H groups in total. The SMILES string of the molecule is COc1ccc(/C=C/C(=O)c2ccccc2-c2ccc(OC)c(OC)c2)cc1OC. The van der Waals surface area contributed by atoms with Crippen LogP contribution in [0.15, 0.2) is 66.7 Å². The first-order valence-corrected chi connectivity index (χ1v) is 9.37. The molecule has 5 heteroatoms. The summed E-state index contributed by atoms with van der Waals surface area (Å²) in [6.07, 6.45) is 3.32. The van der Waals surface area contributed by atoms with Crippen LogP contribution in [-0.4, -0.2) is 34.2 Å². The van der Waals surface area contributed by atoms with Crippen LogP contribution in [0.4, 0.5) is 0 Å². The first-order valence-electron chi connectivity index (χ1n) is 9.37. The molecule has 3 aromatic rings. The summed E-state index contributed by atoms with van der Waals surface area (Å²) in [7, 11) is 6.34. The second-order valence-corrected chi connectivity index (χ2v) is 6.43. The summed E-state index contributed by atoms with van der Waals surface area (Å²) in [4.78, 5) is 13.0. The minimum Gasteiger partial charge on any atom is -0.493 e. The Morgan fingerprint density at radius 1 is 0.700 bits per heavy atom. The lowest BCUT2D eigenvalue weighted by Crippen LogP contribution is -1.98. The van der Waals surface area contributed by atoms with Gasteiger partial charge in [0.1, 0.15) is 0 Å². The maximum absolute atomic E-state index is 13.0. The van der Waals surface area contributed by atoms with Gasteiger partial charge in [0.15, 0.2) is 28.8 Å². The number of rotatable bonds is 8. The van der Waals surface area contributed by atoms with Crippen LogP contribution in [-0.2, 0) is 0 Å². The van der Waals surface area contributed by atoms with E-state index in [-0.39, 0.29) is 5.78 Å². The van der Waals surface area contributed by atoms with Crippen LogP contribution in [0, 0.1) is 0 Å². The van der Waals surface area contributed by atoms with Crippen LogP contribution in [0.3, 0.4) is 0 Å². The number of carbonyl (C=O) groups is 1. The summed E-state index contributed by atoms with van der Waals surface area (Å²) in [6.45, 7) is 0. The van der Waals surface area contributed by atoms with E-state index in [1.165, 1.54) is 0 Å². The lowest BCUT2D eigenvalue weighted by Gasteiger charge is -2.12. The highest BCUT2D eigenvalue weighted by Gasteiger charge is 2.13. The molecule has 5 nitrogen and oxygen atoms in total. The van der Waals surface area contributed by atoms with E-state index in [9.17, 15) is 4.79 Å². The van der Waals surface area contributed by atoms with E-state index in [0.29, 0.717) is 28.6 Å². The van der Waals surface area contributed by atoms with Crippen molar-refractivity contribution in [3.8, 4) is 34.1 Å². The van der Waals surface area contributed by atoms with Crippen molar-refractivity contribution in [1.82, 2.24) is 0 Å². The van der Waals surface area contributed by atoms with Gasteiger partial charge < -0.3 is 18.9 Å². The first-order chi connectivity index (χ1) is 14.6. The average Bonchev–Trinajstić information content (AvgIpc) is 2.81. The minimum absolute atomic E-state index is 0.102. The van der Waals surface area contributed by atoms with Gasteiger partial charge in [-0.1, -0.05) is 42.5 Å². The maximum atomic E-state index is 13.0. The van der Waals surface area contributed by atoms with Gasteiger partial charge in [0.05, 0.1) is 28.4 Å².